The molecule has 1 amide bonds. The molecule has 4 aromatic rings. The molecule has 1 aromatic carbocycles. The molecule has 0 fully saturated rings. The first kappa shape index (κ1) is 17.5. The SMILES string of the molecule is COc1ccc(F)cc1-c1cc(NC(=O)c2cnn3cc(C)cnc23)ncn1. The Morgan fingerprint density at radius 3 is 2.86 bits per heavy atom. The van der Waals surface area contributed by atoms with Gasteiger partial charge in [0, 0.05) is 24.0 Å². The predicted molar refractivity (Wildman–Crippen MR) is 99.7 cm³/mol. The van der Waals surface area contributed by atoms with E-state index in [9.17, 15) is 9.18 Å². The number of aromatic nitrogens is 5. The summed E-state index contributed by atoms with van der Waals surface area (Å²) in [5.41, 5.74) is 2.53. The fourth-order valence-electron chi connectivity index (χ4n) is 2.77. The number of nitrogens with zero attached hydrogens (tertiary/aromatic N) is 5. The summed E-state index contributed by atoms with van der Waals surface area (Å²) in [5.74, 6) is -0.123. The lowest BCUT2D eigenvalue weighted by molar-refractivity contribution is 0.102. The van der Waals surface area contributed by atoms with Gasteiger partial charge in [0.25, 0.3) is 5.91 Å². The van der Waals surface area contributed by atoms with Gasteiger partial charge in [0.05, 0.1) is 19.0 Å². The average molecular weight is 378 g/mol. The summed E-state index contributed by atoms with van der Waals surface area (Å²) in [6.45, 7) is 1.89. The molecule has 0 spiro atoms. The van der Waals surface area contributed by atoms with Gasteiger partial charge in [-0.1, -0.05) is 0 Å². The number of anilines is 1. The summed E-state index contributed by atoms with van der Waals surface area (Å²) in [7, 11) is 1.49. The molecule has 0 saturated carbocycles. The summed E-state index contributed by atoms with van der Waals surface area (Å²) in [6, 6.07) is 5.66. The minimum atomic E-state index is -0.423. The van der Waals surface area contributed by atoms with Crippen LogP contribution in [0.2, 0.25) is 0 Å². The van der Waals surface area contributed by atoms with Crippen molar-refractivity contribution in [1.29, 1.82) is 0 Å². The number of nitrogens with one attached hydrogen (secondary N) is 1. The normalized spacial score (nSPS) is 10.8. The summed E-state index contributed by atoms with van der Waals surface area (Å²) < 4.78 is 20.5. The van der Waals surface area contributed by atoms with Crippen molar-refractivity contribution in [2.45, 2.75) is 6.92 Å². The van der Waals surface area contributed by atoms with Gasteiger partial charge in [0.1, 0.15) is 29.3 Å². The van der Waals surface area contributed by atoms with Crippen LogP contribution in [-0.4, -0.2) is 37.6 Å². The number of methoxy groups -OCH3 is 1. The third-order valence-electron chi connectivity index (χ3n) is 4.08. The van der Waals surface area contributed by atoms with Crippen LogP contribution in [0, 0.1) is 12.7 Å². The van der Waals surface area contributed by atoms with Gasteiger partial charge in [-0.2, -0.15) is 5.10 Å². The lowest BCUT2D eigenvalue weighted by Crippen LogP contribution is -2.13. The van der Waals surface area contributed by atoms with Crippen molar-refractivity contribution >= 4 is 17.4 Å². The zero-order valence-corrected chi connectivity index (χ0v) is 15.0. The second kappa shape index (κ2) is 7.03. The van der Waals surface area contributed by atoms with Crippen LogP contribution in [0.1, 0.15) is 15.9 Å². The van der Waals surface area contributed by atoms with Crippen LogP contribution in [0.25, 0.3) is 16.9 Å². The first-order valence-electron chi connectivity index (χ1n) is 8.32. The fraction of sp³-hybridized carbons (Fsp3) is 0.105. The Morgan fingerprint density at radius 2 is 2.04 bits per heavy atom. The molecule has 0 aliphatic carbocycles. The van der Waals surface area contributed by atoms with Gasteiger partial charge >= 0.3 is 0 Å². The van der Waals surface area contributed by atoms with Crippen molar-refractivity contribution in [3.63, 3.8) is 0 Å². The fourth-order valence-corrected chi connectivity index (χ4v) is 2.77. The molecule has 3 aromatic heterocycles. The molecule has 3 heterocycles. The molecule has 0 aliphatic heterocycles. The Balaban J connectivity index is 1.65. The van der Waals surface area contributed by atoms with Crippen LogP contribution in [0.4, 0.5) is 10.2 Å². The first-order chi connectivity index (χ1) is 13.5. The minimum absolute atomic E-state index is 0.257. The largest absolute Gasteiger partial charge is 0.496 e. The Labute approximate surface area is 159 Å². The lowest BCUT2D eigenvalue weighted by Gasteiger charge is -2.09. The van der Waals surface area contributed by atoms with Gasteiger partial charge in [-0.15, -0.1) is 0 Å². The van der Waals surface area contributed by atoms with E-state index in [1.165, 1.54) is 42.3 Å². The number of carbonyl (C=O) groups excluding carboxylic acids is 1. The summed E-state index contributed by atoms with van der Waals surface area (Å²) in [4.78, 5) is 25.1. The van der Waals surface area contributed by atoms with Crippen molar-refractivity contribution in [1.82, 2.24) is 24.6 Å². The number of hydrogen-bond acceptors (Lipinski definition) is 6. The number of benzene rings is 1. The van der Waals surface area contributed by atoms with Crippen LogP contribution < -0.4 is 10.1 Å². The number of ether oxygens (including phenoxy) is 1. The summed E-state index contributed by atoms with van der Waals surface area (Å²) >= 11 is 0. The summed E-state index contributed by atoms with van der Waals surface area (Å²) in [5, 5.41) is 6.84. The molecule has 0 aliphatic rings. The van der Waals surface area contributed by atoms with Crippen molar-refractivity contribution in [2.24, 2.45) is 0 Å². The molecular weight excluding hydrogens is 363 g/mol. The number of aryl methyl sites for hydroxylation is 1. The smallest absolute Gasteiger partial charge is 0.262 e. The Morgan fingerprint density at radius 1 is 1.18 bits per heavy atom. The van der Waals surface area contributed by atoms with E-state index in [1.807, 2.05) is 6.92 Å². The second-order valence-electron chi connectivity index (χ2n) is 6.04. The highest BCUT2D eigenvalue weighted by atomic mass is 19.1. The molecule has 8 nitrogen and oxygen atoms in total. The van der Waals surface area contributed by atoms with Gasteiger partial charge in [-0.25, -0.2) is 23.9 Å². The molecule has 4 rings (SSSR count). The predicted octanol–water partition coefficient (Wildman–Crippen LogP) is 2.89. The highest BCUT2D eigenvalue weighted by molar-refractivity contribution is 6.07. The van der Waals surface area contributed by atoms with E-state index in [0.29, 0.717) is 28.2 Å². The monoisotopic (exact) mass is 378 g/mol. The van der Waals surface area contributed by atoms with Crippen molar-refractivity contribution in [2.75, 3.05) is 12.4 Å². The van der Waals surface area contributed by atoms with Crippen molar-refractivity contribution in [3.8, 4) is 17.0 Å². The maximum absolute atomic E-state index is 13.7. The zero-order chi connectivity index (χ0) is 19.7. The Hall–Kier alpha value is -3.88. The van der Waals surface area contributed by atoms with Gasteiger partial charge in [-0.05, 0) is 30.7 Å². The molecule has 0 bridgehead atoms. The van der Waals surface area contributed by atoms with E-state index in [1.54, 1.807) is 18.5 Å². The second-order valence-corrected chi connectivity index (χ2v) is 6.04. The maximum Gasteiger partial charge on any atom is 0.262 e. The molecule has 0 saturated heterocycles. The van der Waals surface area contributed by atoms with Crippen molar-refractivity contribution in [3.05, 3.63) is 66.1 Å². The highest BCUT2D eigenvalue weighted by Gasteiger charge is 2.16. The van der Waals surface area contributed by atoms with E-state index >= 15 is 0 Å². The van der Waals surface area contributed by atoms with Gasteiger partial charge in [0.15, 0.2) is 5.65 Å². The van der Waals surface area contributed by atoms with Gasteiger partial charge in [0.2, 0.25) is 0 Å². The zero-order valence-electron chi connectivity index (χ0n) is 15.0. The van der Waals surface area contributed by atoms with Crippen molar-refractivity contribution < 1.29 is 13.9 Å². The van der Waals surface area contributed by atoms with E-state index in [-0.39, 0.29) is 5.82 Å². The van der Waals surface area contributed by atoms with E-state index in [2.05, 4.69) is 25.4 Å². The summed E-state index contributed by atoms with van der Waals surface area (Å²) in [6.07, 6.45) is 6.16. The van der Waals surface area contributed by atoms with E-state index in [4.69, 9.17) is 4.74 Å². The highest BCUT2D eigenvalue weighted by Crippen LogP contribution is 2.30. The van der Waals surface area contributed by atoms with Crippen LogP contribution in [0.3, 0.4) is 0 Å². The van der Waals surface area contributed by atoms with Gasteiger partial charge < -0.3 is 10.1 Å². The number of halogens is 1. The van der Waals surface area contributed by atoms with Crippen LogP contribution in [0.15, 0.2) is 49.2 Å². The van der Waals surface area contributed by atoms with E-state index in [0.717, 1.165) is 5.56 Å². The minimum Gasteiger partial charge on any atom is -0.496 e. The Bertz CT molecular complexity index is 1190. The first-order valence-corrected chi connectivity index (χ1v) is 8.32. The Kier molecular flexibility index (Phi) is 4.40. The topological polar surface area (TPSA) is 94.3 Å². The van der Waals surface area contributed by atoms with Gasteiger partial charge in [-0.3, -0.25) is 4.79 Å². The third kappa shape index (κ3) is 3.25. The molecular formula is C19H15FN6O2. The van der Waals surface area contributed by atoms with Crippen LogP contribution in [0.5, 0.6) is 5.75 Å². The molecule has 1 N–H and O–H groups in total. The van der Waals surface area contributed by atoms with Crippen LogP contribution >= 0.6 is 0 Å². The number of hydrogen-bond donors (Lipinski definition) is 1. The van der Waals surface area contributed by atoms with E-state index < -0.39 is 11.7 Å². The average Bonchev–Trinajstić information content (AvgIpc) is 3.11. The van der Waals surface area contributed by atoms with Crippen LogP contribution in [-0.2, 0) is 0 Å². The quantitative estimate of drug-likeness (QED) is 0.587. The molecule has 0 atom stereocenters. The number of amides is 1. The number of rotatable bonds is 4. The standard InChI is InChI=1S/C19H15FN6O2/c1-11-7-21-18-14(8-24-26(18)9-11)19(27)25-17-6-15(22-10-23-17)13-5-12(20)3-4-16(13)28-2/h3-10H,1-2H3,(H,22,23,25,27). The third-order valence-corrected chi connectivity index (χ3v) is 4.08. The molecule has 9 heteroatoms. The molecule has 28 heavy (non-hydrogen) atoms. The maximum atomic E-state index is 13.7. The lowest BCUT2D eigenvalue weighted by atomic mass is 10.1. The molecule has 140 valence electrons. The molecule has 0 unspecified atom stereocenters. The number of fused-ring (bicyclic) bond motifs is 1. The number of carbonyl (C=O) groups is 1. The molecule has 0 radical (unpaired) electrons.